The summed E-state index contributed by atoms with van der Waals surface area (Å²) in [4.78, 5) is 5.21. The van der Waals surface area contributed by atoms with E-state index in [4.69, 9.17) is 4.98 Å². The van der Waals surface area contributed by atoms with Crippen LogP contribution in [-0.4, -0.2) is 4.98 Å². The minimum absolute atomic E-state index is 0.705. The fraction of sp³-hybridized carbons (Fsp3) is 0.130. The lowest BCUT2D eigenvalue weighted by molar-refractivity contribution is 1.03. The van der Waals surface area contributed by atoms with Crippen LogP contribution in [0.2, 0.25) is 0 Å². The Kier molecular flexibility index (Phi) is 11.5. The molecular weight excluding hydrogens is 663 g/mol. The van der Waals surface area contributed by atoms with Gasteiger partial charge in [0.15, 0.2) is 0 Å². The molecule has 6 aromatic rings. The van der Waals surface area contributed by atoms with Gasteiger partial charge in [-0.3, -0.25) is 0 Å². The summed E-state index contributed by atoms with van der Waals surface area (Å²) in [6, 6.07) is 48.0. The van der Waals surface area contributed by atoms with Crippen molar-refractivity contribution in [3.05, 3.63) is 204 Å². The zero-order valence-corrected chi connectivity index (χ0v) is 32.4. The van der Waals surface area contributed by atoms with Gasteiger partial charge in [-0.1, -0.05) is 140 Å². The summed E-state index contributed by atoms with van der Waals surface area (Å²) >= 11 is 0. The van der Waals surface area contributed by atoms with Gasteiger partial charge in [0.2, 0.25) is 0 Å². The highest BCUT2D eigenvalue weighted by Gasteiger charge is 2.17. The van der Waals surface area contributed by atoms with E-state index in [1.807, 2.05) is 13.0 Å². The minimum Gasteiger partial charge on any atom is -0.248 e. The molecule has 7 rings (SSSR count). The molecule has 0 radical (unpaired) electrons. The molecule has 268 valence electrons. The van der Waals surface area contributed by atoms with Gasteiger partial charge in [0, 0.05) is 17.5 Å². The maximum absolute atomic E-state index is 5.21. The number of nitrogens with zero attached hydrogens (tertiary/aromatic N) is 1. The lowest BCUT2D eigenvalue weighted by Gasteiger charge is -2.13. The van der Waals surface area contributed by atoms with Crippen molar-refractivity contribution in [1.29, 1.82) is 0 Å². The molecule has 0 saturated heterocycles. The molecule has 1 aromatic heterocycles. The summed E-state index contributed by atoms with van der Waals surface area (Å²) in [5.74, 6) is 6.29. The fourth-order valence-corrected chi connectivity index (χ4v) is 7.52. The molecule has 1 aliphatic rings. The maximum Gasteiger partial charge on any atom is 0.0709 e. The van der Waals surface area contributed by atoms with Crippen molar-refractivity contribution in [2.45, 2.75) is 47.0 Å². The molecule has 0 N–H and O–H groups in total. The second-order valence-corrected chi connectivity index (χ2v) is 14.1. The molecule has 1 aliphatic carbocycles. The van der Waals surface area contributed by atoms with Gasteiger partial charge in [0.05, 0.1) is 11.4 Å². The Morgan fingerprint density at radius 3 is 1.95 bits per heavy atom. The first kappa shape index (κ1) is 36.9. The molecular formula is C54H47N. The Morgan fingerprint density at radius 2 is 1.27 bits per heavy atom. The lowest BCUT2D eigenvalue weighted by Crippen LogP contribution is -1.91. The van der Waals surface area contributed by atoms with Crippen molar-refractivity contribution in [3.63, 3.8) is 0 Å². The average molecular weight is 710 g/mol. The van der Waals surface area contributed by atoms with E-state index in [2.05, 4.69) is 197 Å². The number of hydrogen-bond donors (Lipinski definition) is 0. The van der Waals surface area contributed by atoms with Crippen molar-refractivity contribution < 1.29 is 0 Å². The van der Waals surface area contributed by atoms with Crippen LogP contribution in [0.4, 0.5) is 0 Å². The van der Waals surface area contributed by atoms with Crippen LogP contribution in [-0.2, 0) is 0 Å². The van der Waals surface area contributed by atoms with Crippen LogP contribution in [0, 0.1) is 25.7 Å². The summed E-state index contributed by atoms with van der Waals surface area (Å²) in [6.07, 6.45) is 13.7. The normalized spacial score (nSPS) is 13.7. The Hall–Kier alpha value is -6.49. The quantitative estimate of drug-likeness (QED) is 0.129. The zero-order valence-electron chi connectivity index (χ0n) is 32.4. The fourth-order valence-electron chi connectivity index (χ4n) is 7.52. The Morgan fingerprint density at radius 1 is 0.655 bits per heavy atom. The number of allylic oxidation sites excluding steroid dienone is 9. The molecule has 0 spiro atoms. The van der Waals surface area contributed by atoms with Gasteiger partial charge in [-0.2, -0.15) is 0 Å². The number of rotatable bonds is 10. The summed E-state index contributed by atoms with van der Waals surface area (Å²) in [7, 11) is 0. The van der Waals surface area contributed by atoms with E-state index < -0.39 is 0 Å². The highest BCUT2D eigenvalue weighted by molar-refractivity contribution is 5.82. The third-order valence-corrected chi connectivity index (χ3v) is 10.5. The van der Waals surface area contributed by atoms with Crippen molar-refractivity contribution >= 4 is 5.57 Å². The van der Waals surface area contributed by atoms with Gasteiger partial charge in [0.25, 0.3) is 0 Å². The van der Waals surface area contributed by atoms with Crippen LogP contribution in [0.1, 0.15) is 49.8 Å². The highest BCUT2D eigenvalue weighted by Crippen LogP contribution is 2.37. The van der Waals surface area contributed by atoms with Gasteiger partial charge in [-0.05, 0) is 149 Å². The Labute approximate surface area is 327 Å². The van der Waals surface area contributed by atoms with Crippen molar-refractivity contribution in [2.75, 3.05) is 0 Å². The molecule has 0 aliphatic heterocycles. The van der Waals surface area contributed by atoms with E-state index in [0.717, 1.165) is 40.9 Å². The van der Waals surface area contributed by atoms with E-state index >= 15 is 0 Å². The molecule has 0 atom stereocenters. The van der Waals surface area contributed by atoms with E-state index in [0.29, 0.717) is 6.42 Å². The first-order valence-corrected chi connectivity index (χ1v) is 19.2. The second-order valence-electron chi connectivity index (χ2n) is 14.1. The van der Waals surface area contributed by atoms with Crippen molar-refractivity contribution in [2.24, 2.45) is 0 Å². The van der Waals surface area contributed by atoms with Crippen molar-refractivity contribution in [1.82, 2.24) is 4.98 Å². The minimum atomic E-state index is 0.705. The van der Waals surface area contributed by atoms with E-state index in [1.165, 1.54) is 66.8 Å². The van der Waals surface area contributed by atoms with Crippen LogP contribution in [0.3, 0.4) is 0 Å². The molecule has 1 nitrogen and oxygen atoms in total. The molecule has 0 unspecified atom stereocenters. The molecule has 55 heavy (non-hydrogen) atoms. The third-order valence-electron chi connectivity index (χ3n) is 10.5. The smallest absolute Gasteiger partial charge is 0.0709 e. The van der Waals surface area contributed by atoms with Crippen molar-refractivity contribution in [3.8, 4) is 67.7 Å². The molecule has 0 amide bonds. The van der Waals surface area contributed by atoms with Gasteiger partial charge < -0.3 is 0 Å². The average Bonchev–Trinajstić information content (AvgIpc) is 3.62. The number of benzene rings is 5. The summed E-state index contributed by atoms with van der Waals surface area (Å²) in [6.45, 7) is 12.4. The van der Waals surface area contributed by atoms with Gasteiger partial charge in [-0.25, -0.2) is 4.98 Å². The van der Waals surface area contributed by atoms with Crippen LogP contribution >= 0.6 is 0 Å². The summed E-state index contributed by atoms with van der Waals surface area (Å²) in [5.41, 5.74) is 20.2. The predicted octanol–water partition coefficient (Wildman–Crippen LogP) is 14.6. The summed E-state index contributed by atoms with van der Waals surface area (Å²) in [5, 5.41) is 0. The van der Waals surface area contributed by atoms with Gasteiger partial charge in [0.1, 0.15) is 0 Å². The Bertz CT molecular complexity index is 2570. The molecule has 1 heteroatoms. The van der Waals surface area contributed by atoms with Crippen LogP contribution in [0.25, 0.3) is 61.5 Å². The maximum atomic E-state index is 5.21. The van der Waals surface area contributed by atoms with E-state index in [-0.39, 0.29) is 0 Å². The molecule has 0 fully saturated rings. The number of pyridine rings is 1. The topological polar surface area (TPSA) is 12.9 Å². The molecule has 0 saturated carbocycles. The molecule has 5 aromatic carbocycles. The number of aromatic nitrogens is 1. The first-order valence-electron chi connectivity index (χ1n) is 19.2. The molecule has 1 heterocycles. The monoisotopic (exact) mass is 709 g/mol. The lowest BCUT2D eigenvalue weighted by atomic mass is 9.92. The standard InChI is InChI=1S/C54H47N/c1-6-9-10-19-41(34-47-32-31-40(8-3)51(47)17-7-2)42-20-13-21-43(33-42)44-22-14-24-48(35-44)53-27-16-28-54(55-53)49-25-15-23-45(36-49)46-30-29-39(5)52(37-46)50-26-12-11-18-38(50)4/h7-8,11-30,33-37H,3,10,31-32H2,1-2,4-5H3/b17-7-,41-19+,47-34+. The predicted molar refractivity (Wildman–Crippen MR) is 236 cm³/mol. The van der Waals surface area contributed by atoms with Gasteiger partial charge >= 0.3 is 0 Å². The highest BCUT2D eigenvalue weighted by atomic mass is 14.7. The largest absolute Gasteiger partial charge is 0.248 e. The second kappa shape index (κ2) is 17.1. The Balaban J connectivity index is 1.19. The van der Waals surface area contributed by atoms with E-state index in [9.17, 15) is 0 Å². The third kappa shape index (κ3) is 8.36. The van der Waals surface area contributed by atoms with Crippen LogP contribution in [0.5, 0.6) is 0 Å². The number of hydrogen-bond acceptors (Lipinski definition) is 1. The van der Waals surface area contributed by atoms with Crippen LogP contribution < -0.4 is 0 Å². The van der Waals surface area contributed by atoms with Crippen LogP contribution in [0.15, 0.2) is 187 Å². The van der Waals surface area contributed by atoms with E-state index in [1.54, 1.807) is 0 Å². The molecule has 0 bridgehead atoms. The zero-order chi connectivity index (χ0) is 38.1. The number of aryl methyl sites for hydroxylation is 2. The summed E-state index contributed by atoms with van der Waals surface area (Å²) < 4.78 is 0. The first-order chi connectivity index (χ1) is 26.9. The SMILES string of the molecule is C=CC1=C(/C=C\C)/C(=C/C(=C\CC#CC)c2cccc(-c3cccc(-c4cccc(-c5cccc(-c6ccc(C)c(-c7ccccc7C)c6)c5)n4)c3)c2)CC1. The van der Waals surface area contributed by atoms with Gasteiger partial charge in [-0.15, -0.1) is 5.92 Å².